The van der Waals surface area contributed by atoms with Crippen molar-refractivity contribution in [2.75, 3.05) is 0 Å². The molecule has 0 saturated heterocycles. The second-order valence-electron chi connectivity index (χ2n) is 6.72. The second-order valence-corrected chi connectivity index (χ2v) is 6.72. The highest BCUT2D eigenvalue weighted by Gasteiger charge is 2.14. The molecule has 0 aliphatic rings. The number of aliphatic hydroxyl groups is 1. The first kappa shape index (κ1) is 22.2. The first-order chi connectivity index (χ1) is 11.0. The Balaban J connectivity index is 4.37. The lowest BCUT2D eigenvalue weighted by Gasteiger charge is -2.13. The van der Waals surface area contributed by atoms with Crippen molar-refractivity contribution in [2.24, 2.45) is 5.92 Å². The van der Waals surface area contributed by atoms with Crippen molar-refractivity contribution < 1.29 is 14.6 Å². The van der Waals surface area contributed by atoms with Gasteiger partial charge >= 0.3 is 5.97 Å². The van der Waals surface area contributed by atoms with Crippen molar-refractivity contribution in [2.45, 2.75) is 104 Å². The summed E-state index contributed by atoms with van der Waals surface area (Å²) in [5.41, 5.74) is 0. The summed E-state index contributed by atoms with van der Waals surface area (Å²) in [4.78, 5) is 11.7. The molecule has 1 N–H and O–H groups in total. The van der Waals surface area contributed by atoms with Crippen LogP contribution in [0.2, 0.25) is 0 Å². The molecule has 0 aromatic rings. The molecule has 0 rings (SSSR count). The van der Waals surface area contributed by atoms with Gasteiger partial charge in [0.05, 0.1) is 0 Å². The normalized spacial score (nSPS) is 14.6. The van der Waals surface area contributed by atoms with E-state index in [4.69, 9.17) is 4.74 Å². The number of hydrogen-bond acceptors (Lipinski definition) is 3. The van der Waals surface area contributed by atoms with Gasteiger partial charge in [-0.1, -0.05) is 72.1 Å². The molecule has 0 aromatic carbocycles. The van der Waals surface area contributed by atoms with E-state index in [0.717, 1.165) is 25.0 Å². The molecule has 0 amide bonds. The molecule has 0 fully saturated rings. The fraction of sp³-hybridized carbons (Fsp3) is 0.850. The van der Waals surface area contributed by atoms with E-state index in [1.165, 1.54) is 58.3 Å². The molecule has 136 valence electrons. The van der Waals surface area contributed by atoms with Crippen LogP contribution in [0.3, 0.4) is 0 Å². The van der Waals surface area contributed by atoms with Crippen LogP contribution in [-0.2, 0) is 9.53 Å². The molecule has 0 aliphatic carbocycles. The van der Waals surface area contributed by atoms with E-state index in [1.807, 2.05) is 0 Å². The maximum absolute atomic E-state index is 11.7. The van der Waals surface area contributed by atoms with Crippen LogP contribution in [0.1, 0.15) is 98.3 Å². The van der Waals surface area contributed by atoms with Crippen LogP contribution >= 0.6 is 0 Å². The Bertz CT molecular complexity index is 321. The largest absolute Gasteiger partial charge is 0.430 e. The Morgan fingerprint density at radius 3 is 2.09 bits per heavy atom. The Morgan fingerprint density at radius 2 is 1.52 bits per heavy atom. The van der Waals surface area contributed by atoms with Crippen LogP contribution in [0.4, 0.5) is 0 Å². The van der Waals surface area contributed by atoms with Gasteiger partial charge in [0, 0.05) is 6.42 Å². The first-order valence-electron chi connectivity index (χ1n) is 9.61. The molecule has 3 nitrogen and oxygen atoms in total. The summed E-state index contributed by atoms with van der Waals surface area (Å²) in [6, 6.07) is 0. The fourth-order valence-electron chi connectivity index (χ4n) is 2.58. The standard InChI is InChI=1S/C20H38O3/c1-5-7-9-11-13-15-19(23-20(22)18(4)21)16-17(3)14-12-10-8-6-2/h16-18,21H,5-15H2,1-4H3/b19-16+. The quantitative estimate of drug-likeness (QED) is 0.251. The van der Waals surface area contributed by atoms with Crippen LogP contribution in [-0.4, -0.2) is 17.2 Å². The number of allylic oxidation sites excluding steroid dienone is 2. The molecule has 0 heterocycles. The summed E-state index contributed by atoms with van der Waals surface area (Å²) in [6.45, 7) is 8.06. The number of esters is 1. The van der Waals surface area contributed by atoms with Gasteiger partial charge in [-0.3, -0.25) is 0 Å². The molecular weight excluding hydrogens is 288 g/mol. The molecule has 23 heavy (non-hydrogen) atoms. The van der Waals surface area contributed by atoms with Gasteiger partial charge in [0.1, 0.15) is 11.9 Å². The number of rotatable bonds is 14. The van der Waals surface area contributed by atoms with E-state index in [-0.39, 0.29) is 0 Å². The Morgan fingerprint density at radius 1 is 0.957 bits per heavy atom. The number of aliphatic hydroxyl groups excluding tert-OH is 1. The third kappa shape index (κ3) is 13.3. The van der Waals surface area contributed by atoms with E-state index in [0.29, 0.717) is 5.92 Å². The summed E-state index contributed by atoms with van der Waals surface area (Å²) in [5.74, 6) is 0.623. The number of carbonyl (C=O) groups is 1. The zero-order chi connectivity index (χ0) is 17.5. The molecule has 0 aromatic heterocycles. The molecule has 0 bridgehead atoms. The number of unbranched alkanes of at least 4 members (excludes halogenated alkanes) is 7. The Kier molecular flexibility index (Phi) is 14.2. The first-order valence-corrected chi connectivity index (χ1v) is 9.61. The predicted molar refractivity (Wildman–Crippen MR) is 97.2 cm³/mol. The average molecular weight is 327 g/mol. The minimum Gasteiger partial charge on any atom is -0.430 e. The maximum atomic E-state index is 11.7. The van der Waals surface area contributed by atoms with Crippen molar-refractivity contribution in [1.82, 2.24) is 0 Å². The van der Waals surface area contributed by atoms with Crippen molar-refractivity contribution in [3.8, 4) is 0 Å². The number of ether oxygens (including phenoxy) is 1. The van der Waals surface area contributed by atoms with Crippen LogP contribution in [0, 0.1) is 5.92 Å². The minimum absolute atomic E-state index is 0.416. The van der Waals surface area contributed by atoms with E-state index >= 15 is 0 Å². The Labute approximate surface area is 143 Å². The van der Waals surface area contributed by atoms with Gasteiger partial charge in [0.2, 0.25) is 0 Å². The lowest BCUT2D eigenvalue weighted by molar-refractivity contribution is -0.148. The van der Waals surface area contributed by atoms with Crippen molar-refractivity contribution >= 4 is 5.97 Å². The lowest BCUT2D eigenvalue weighted by atomic mass is 10.0. The van der Waals surface area contributed by atoms with Crippen molar-refractivity contribution in [3.05, 3.63) is 11.8 Å². The van der Waals surface area contributed by atoms with Crippen LogP contribution < -0.4 is 0 Å². The van der Waals surface area contributed by atoms with Crippen LogP contribution in [0.15, 0.2) is 11.8 Å². The number of hydrogen-bond donors (Lipinski definition) is 1. The van der Waals surface area contributed by atoms with Gasteiger partial charge in [-0.2, -0.15) is 0 Å². The molecule has 0 radical (unpaired) electrons. The summed E-state index contributed by atoms with van der Waals surface area (Å²) in [7, 11) is 0. The second kappa shape index (κ2) is 14.7. The van der Waals surface area contributed by atoms with Gasteiger partial charge in [0.25, 0.3) is 0 Å². The molecule has 0 spiro atoms. The smallest absolute Gasteiger partial charge is 0.339 e. The highest BCUT2D eigenvalue weighted by Crippen LogP contribution is 2.19. The van der Waals surface area contributed by atoms with E-state index in [1.54, 1.807) is 0 Å². The van der Waals surface area contributed by atoms with Crippen molar-refractivity contribution in [3.63, 3.8) is 0 Å². The molecule has 3 heteroatoms. The van der Waals surface area contributed by atoms with E-state index < -0.39 is 12.1 Å². The molecule has 0 saturated carbocycles. The SMILES string of the molecule is CCCCCCC/C(=C\C(C)CCCCCC)OC(=O)C(C)O. The summed E-state index contributed by atoms with van der Waals surface area (Å²) < 4.78 is 5.39. The molecule has 2 unspecified atom stereocenters. The zero-order valence-electron chi connectivity index (χ0n) is 15.8. The predicted octanol–water partition coefficient (Wildman–Crippen LogP) is 5.76. The summed E-state index contributed by atoms with van der Waals surface area (Å²) >= 11 is 0. The summed E-state index contributed by atoms with van der Waals surface area (Å²) in [5, 5.41) is 9.34. The minimum atomic E-state index is -1.06. The van der Waals surface area contributed by atoms with Crippen LogP contribution in [0.5, 0.6) is 0 Å². The molecular formula is C20H38O3. The third-order valence-corrected chi connectivity index (χ3v) is 4.08. The van der Waals surface area contributed by atoms with Crippen molar-refractivity contribution in [1.29, 1.82) is 0 Å². The van der Waals surface area contributed by atoms with Gasteiger partial charge in [-0.15, -0.1) is 0 Å². The summed E-state index contributed by atoms with van der Waals surface area (Å²) in [6.07, 6.45) is 13.9. The van der Waals surface area contributed by atoms with E-state index in [9.17, 15) is 9.90 Å². The van der Waals surface area contributed by atoms with E-state index in [2.05, 4.69) is 26.8 Å². The highest BCUT2D eigenvalue weighted by atomic mass is 16.6. The van der Waals surface area contributed by atoms with Gasteiger partial charge in [-0.05, 0) is 31.8 Å². The van der Waals surface area contributed by atoms with Gasteiger partial charge in [-0.25, -0.2) is 4.79 Å². The van der Waals surface area contributed by atoms with Gasteiger partial charge in [0.15, 0.2) is 0 Å². The highest BCUT2D eigenvalue weighted by molar-refractivity contribution is 5.74. The number of carbonyl (C=O) groups excluding carboxylic acids is 1. The fourth-order valence-corrected chi connectivity index (χ4v) is 2.58. The molecule has 0 aliphatic heterocycles. The zero-order valence-corrected chi connectivity index (χ0v) is 15.8. The maximum Gasteiger partial charge on any atom is 0.339 e. The third-order valence-electron chi connectivity index (χ3n) is 4.08. The van der Waals surface area contributed by atoms with Gasteiger partial charge < -0.3 is 9.84 Å². The average Bonchev–Trinajstić information content (AvgIpc) is 2.51. The lowest BCUT2D eigenvalue weighted by Crippen LogP contribution is -2.19. The molecule has 2 atom stereocenters. The topological polar surface area (TPSA) is 46.5 Å². The van der Waals surface area contributed by atoms with Crippen LogP contribution in [0.25, 0.3) is 0 Å². The Hall–Kier alpha value is -0.830. The monoisotopic (exact) mass is 326 g/mol.